The predicted molar refractivity (Wildman–Crippen MR) is 63.8 cm³/mol. The van der Waals surface area contributed by atoms with Crippen molar-refractivity contribution in [1.29, 1.82) is 0 Å². The molecule has 0 amide bonds. The quantitative estimate of drug-likeness (QED) is 0.556. The number of benzene rings is 1. The standard InChI is InChI=1S/C13H14OS/c14-13(11-7-3-1-4-8-11)15-12-9-5-2-6-10-12/h2-3,5-7,9-11H,1,4,8H2. The van der Waals surface area contributed by atoms with E-state index in [0.717, 1.165) is 24.2 Å². The minimum absolute atomic E-state index is 0.129. The third kappa shape index (κ3) is 2.96. The Morgan fingerprint density at radius 3 is 2.73 bits per heavy atom. The summed E-state index contributed by atoms with van der Waals surface area (Å²) in [4.78, 5) is 12.9. The molecule has 0 saturated heterocycles. The molecule has 2 rings (SSSR count). The molecule has 0 heterocycles. The van der Waals surface area contributed by atoms with E-state index in [9.17, 15) is 4.79 Å². The van der Waals surface area contributed by atoms with E-state index in [-0.39, 0.29) is 11.0 Å². The first-order valence-corrected chi connectivity index (χ1v) is 6.11. The number of allylic oxidation sites excluding steroid dienone is 2. The smallest absolute Gasteiger partial charge is 0.200 e. The zero-order valence-corrected chi connectivity index (χ0v) is 9.37. The molecule has 78 valence electrons. The highest BCUT2D eigenvalue weighted by Gasteiger charge is 2.17. The third-order valence-electron chi connectivity index (χ3n) is 2.52. The van der Waals surface area contributed by atoms with Crippen LogP contribution < -0.4 is 0 Å². The van der Waals surface area contributed by atoms with Crippen molar-refractivity contribution in [2.24, 2.45) is 5.92 Å². The first kappa shape index (κ1) is 10.5. The van der Waals surface area contributed by atoms with Gasteiger partial charge >= 0.3 is 0 Å². The van der Waals surface area contributed by atoms with Gasteiger partial charge in [-0.2, -0.15) is 0 Å². The van der Waals surface area contributed by atoms with Crippen molar-refractivity contribution in [3.8, 4) is 0 Å². The lowest BCUT2D eigenvalue weighted by Crippen LogP contribution is -2.10. The molecule has 0 spiro atoms. The maximum atomic E-state index is 11.9. The highest BCUT2D eigenvalue weighted by molar-refractivity contribution is 8.13. The summed E-state index contributed by atoms with van der Waals surface area (Å²) in [5, 5.41) is 0.275. The molecule has 0 aromatic heterocycles. The van der Waals surface area contributed by atoms with Gasteiger partial charge in [0.05, 0.1) is 0 Å². The van der Waals surface area contributed by atoms with Crippen LogP contribution in [0.25, 0.3) is 0 Å². The number of carbonyl (C=O) groups is 1. The van der Waals surface area contributed by atoms with Gasteiger partial charge in [0.1, 0.15) is 0 Å². The Labute approximate surface area is 94.6 Å². The van der Waals surface area contributed by atoms with Crippen LogP contribution in [0, 0.1) is 5.92 Å². The molecule has 1 aromatic carbocycles. The molecule has 0 bridgehead atoms. The number of hydrogen-bond acceptors (Lipinski definition) is 2. The molecule has 0 aliphatic heterocycles. The first-order chi connectivity index (χ1) is 7.36. The zero-order chi connectivity index (χ0) is 10.5. The van der Waals surface area contributed by atoms with Crippen molar-refractivity contribution in [3.05, 3.63) is 42.5 Å². The Kier molecular flexibility index (Phi) is 3.62. The summed E-state index contributed by atoms with van der Waals surface area (Å²) in [5.41, 5.74) is 0. The molecule has 1 unspecified atom stereocenters. The molecule has 1 aromatic rings. The van der Waals surface area contributed by atoms with E-state index in [4.69, 9.17) is 0 Å². The Morgan fingerprint density at radius 1 is 1.27 bits per heavy atom. The van der Waals surface area contributed by atoms with Crippen molar-refractivity contribution < 1.29 is 4.79 Å². The summed E-state index contributed by atoms with van der Waals surface area (Å²) >= 11 is 1.36. The molecule has 1 aliphatic rings. The summed E-state index contributed by atoms with van der Waals surface area (Å²) in [6, 6.07) is 9.86. The second kappa shape index (κ2) is 5.17. The van der Waals surface area contributed by atoms with Crippen LogP contribution >= 0.6 is 11.8 Å². The molecule has 0 fully saturated rings. The van der Waals surface area contributed by atoms with Gasteiger partial charge in [-0.3, -0.25) is 4.79 Å². The van der Waals surface area contributed by atoms with Gasteiger partial charge in [0.2, 0.25) is 5.12 Å². The molecule has 15 heavy (non-hydrogen) atoms. The van der Waals surface area contributed by atoms with E-state index in [2.05, 4.69) is 12.2 Å². The molecule has 1 atom stereocenters. The minimum Gasteiger partial charge on any atom is -0.286 e. The Hall–Kier alpha value is -1.02. The summed E-state index contributed by atoms with van der Waals surface area (Å²) in [6.45, 7) is 0. The number of carbonyl (C=O) groups excluding carboxylic acids is 1. The lowest BCUT2D eigenvalue weighted by atomic mass is 9.97. The van der Waals surface area contributed by atoms with Gasteiger partial charge in [0.25, 0.3) is 0 Å². The van der Waals surface area contributed by atoms with Crippen LogP contribution in [-0.4, -0.2) is 5.12 Å². The molecule has 1 nitrogen and oxygen atoms in total. The van der Waals surface area contributed by atoms with Gasteiger partial charge in [-0.1, -0.05) is 42.1 Å². The van der Waals surface area contributed by atoms with E-state index >= 15 is 0 Å². The van der Waals surface area contributed by atoms with Crippen LogP contribution in [0.2, 0.25) is 0 Å². The van der Waals surface area contributed by atoms with E-state index in [0.29, 0.717) is 0 Å². The van der Waals surface area contributed by atoms with Crippen LogP contribution in [0.4, 0.5) is 0 Å². The Balaban J connectivity index is 1.97. The lowest BCUT2D eigenvalue weighted by Gasteiger charge is -2.14. The van der Waals surface area contributed by atoms with Crippen LogP contribution in [-0.2, 0) is 4.79 Å². The highest BCUT2D eigenvalue weighted by Crippen LogP contribution is 2.27. The summed E-state index contributed by atoms with van der Waals surface area (Å²) in [5.74, 6) is 0.129. The maximum Gasteiger partial charge on any atom is 0.200 e. The fourth-order valence-electron chi connectivity index (χ4n) is 1.69. The van der Waals surface area contributed by atoms with Crippen molar-refractivity contribution in [2.75, 3.05) is 0 Å². The van der Waals surface area contributed by atoms with Gasteiger partial charge in [-0.15, -0.1) is 0 Å². The minimum atomic E-state index is 0.129. The normalized spacial score (nSPS) is 20.1. The van der Waals surface area contributed by atoms with Crippen LogP contribution in [0.1, 0.15) is 19.3 Å². The van der Waals surface area contributed by atoms with Gasteiger partial charge in [0.15, 0.2) is 0 Å². The average Bonchev–Trinajstić information content (AvgIpc) is 2.31. The number of rotatable bonds is 2. The molecule has 1 aliphatic carbocycles. The van der Waals surface area contributed by atoms with Crippen molar-refractivity contribution >= 4 is 16.9 Å². The Bertz CT molecular complexity index is 356. The number of hydrogen-bond donors (Lipinski definition) is 0. The Morgan fingerprint density at radius 2 is 2.07 bits per heavy atom. The topological polar surface area (TPSA) is 17.1 Å². The highest BCUT2D eigenvalue weighted by atomic mass is 32.2. The van der Waals surface area contributed by atoms with Crippen molar-refractivity contribution in [1.82, 2.24) is 0 Å². The lowest BCUT2D eigenvalue weighted by molar-refractivity contribution is -0.113. The SMILES string of the molecule is O=C(Sc1ccccc1)C1C=CCCC1. The van der Waals surface area contributed by atoms with Gasteiger partial charge in [0, 0.05) is 10.8 Å². The molecule has 2 heteroatoms. The third-order valence-corrected chi connectivity index (χ3v) is 3.53. The molecular weight excluding hydrogens is 204 g/mol. The molecular formula is C13H14OS. The van der Waals surface area contributed by atoms with E-state index < -0.39 is 0 Å². The predicted octanol–water partition coefficient (Wildman–Crippen LogP) is 3.66. The van der Waals surface area contributed by atoms with Crippen molar-refractivity contribution in [3.63, 3.8) is 0 Å². The van der Waals surface area contributed by atoms with E-state index in [1.165, 1.54) is 11.8 Å². The summed E-state index contributed by atoms with van der Waals surface area (Å²) in [7, 11) is 0. The fourth-order valence-corrected chi connectivity index (χ4v) is 2.56. The second-order valence-electron chi connectivity index (χ2n) is 3.70. The second-order valence-corrected chi connectivity index (χ2v) is 4.78. The van der Waals surface area contributed by atoms with Gasteiger partial charge in [-0.05, 0) is 31.4 Å². The maximum absolute atomic E-state index is 11.9. The summed E-state index contributed by atoms with van der Waals surface area (Å²) < 4.78 is 0. The van der Waals surface area contributed by atoms with Gasteiger partial charge in [-0.25, -0.2) is 0 Å². The fraction of sp³-hybridized carbons (Fsp3) is 0.308. The molecule has 0 saturated carbocycles. The van der Waals surface area contributed by atoms with E-state index in [1.807, 2.05) is 30.3 Å². The van der Waals surface area contributed by atoms with Gasteiger partial charge < -0.3 is 0 Å². The molecule has 0 radical (unpaired) electrons. The number of thioether (sulfide) groups is 1. The average molecular weight is 218 g/mol. The van der Waals surface area contributed by atoms with Crippen LogP contribution in [0.3, 0.4) is 0 Å². The van der Waals surface area contributed by atoms with Crippen LogP contribution in [0.15, 0.2) is 47.4 Å². The van der Waals surface area contributed by atoms with Crippen LogP contribution in [0.5, 0.6) is 0 Å². The summed E-state index contributed by atoms with van der Waals surface area (Å²) in [6.07, 6.45) is 7.45. The van der Waals surface area contributed by atoms with E-state index in [1.54, 1.807) is 0 Å². The van der Waals surface area contributed by atoms with Crippen molar-refractivity contribution in [2.45, 2.75) is 24.2 Å². The monoisotopic (exact) mass is 218 g/mol. The zero-order valence-electron chi connectivity index (χ0n) is 8.56. The molecule has 0 N–H and O–H groups in total. The first-order valence-electron chi connectivity index (χ1n) is 5.29. The largest absolute Gasteiger partial charge is 0.286 e.